The van der Waals surface area contributed by atoms with E-state index in [0.717, 1.165) is 5.56 Å². The highest BCUT2D eigenvalue weighted by atomic mass is 35.5. The number of aromatic nitrogens is 1. The van der Waals surface area contributed by atoms with Gasteiger partial charge in [0, 0.05) is 12.7 Å². The summed E-state index contributed by atoms with van der Waals surface area (Å²) in [6.45, 7) is 0.0479. The lowest BCUT2D eigenvalue weighted by atomic mass is 10.2. The number of ether oxygens (including phenoxy) is 1. The number of hydrogen-bond donors (Lipinski definition) is 0. The number of rotatable bonds is 5. The van der Waals surface area contributed by atoms with Crippen molar-refractivity contribution in [3.05, 3.63) is 29.0 Å². The summed E-state index contributed by atoms with van der Waals surface area (Å²) in [4.78, 5) is 16.5. The molecule has 4 nitrogen and oxygen atoms in total. The maximum absolute atomic E-state index is 12.6. The van der Waals surface area contributed by atoms with Gasteiger partial charge in [-0.25, -0.2) is 13.8 Å². The Hall–Kier alpha value is -1.27. The molecule has 7 heteroatoms. The van der Waals surface area contributed by atoms with Gasteiger partial charge in [-0.1, -0.05) is 17.7 Å². The van der Waals surface area contributed by atoms with E-state index in [0.29, 0.717) is 5.15 Å². The van der Waals surface area contributed by atoms with E-state index in [1.165, 1.54) is 0 Å². The van der Waals surface area contributed by atoms with Crippen LogP contribution in [-0.2, 0) is 16.1 Å². The van der Waals surface area contributed by atoms with Crippen LogP contribution in [0, 0.1) is 0 Å². The molecule has 1 aliphatic rings. The molecule has 1 aromatic heterocycles. The molecule has 2 rings (SSSR count). The summed E-state index contributed by atoms with van der Waals surface area (Å²) in [7, 11) is 0. The molecule has 0 spiro atoms. The third kappa shape index (κ3) is 4.11. The zero-order valence-corrected chi connectivity index (χ0v) is 10.8. The Morgan fingerprint density at radius 3 is 2.84 bits per heavy atom. The Morgan fingerprint density at radius 2 is 2.32 bits per heavy atom. The van der Waals surface area contributed by atoms with Gasteiger partial charge in [0.1, 0.15) is 11.8 Å². The van der Waals surface area contributed by atoms with Gasteiger partial charge < -0.3 is 4.74 Å². The highest BCUT2D eigenvalue weighted by Crippen LogP contribution is 2.18. The lowest BCUT2D eigenvalue weighted by Crippen LogP contribution is -2.38. The summed E-state index contributed by atoms with van der Waals surface area (Å²) in [5, 5.41) is 0.350. The van der Waals surface area contributed by atoms with Crippen LogP contribution in [0.25, 0.3) is 0 Å². The maximum atomic E-state index is 12.6. The van der Waals surface area contributed by atoms with E-state index in [-0.39, 0.29) is 31.6 Å². The number of halogens is 3. The molecular formula is C12H13ClF2N2O2. The Morgan fingerprint density at radius 1 is 1.53 bits per heavy atom. The number of alkyl halides is 2. The second-order valence-electron chi connectivity index (χ2n) is 4.35. The largest absolute Gasteiger partial charge is 0.464 e. The Labute approximate surface area is 114 Å². The molecule has 1 unspecified atom stereocenters. The summed E-state index contributed by atoms with van der Waals surface area (Å²) in [5.74, 6) is -0.349. The normalized spacial score (nSPS) is 19.2. The monoisotopic (exact) mass is 290 g/mol. The zero-order valence-electron chi connectivity index (χ0n) is 10.1. The first-order valence-electron chi connectivity index (χ1n) is 5.83. The SMILES string of the molecule is O=C1CC(N(Cc2ccc(Cl)nc2)CC(F)F)CO1. The average Bonchev–Trinajstić information content (AvgIpc) is 2.77. The van der Waals surface area contributed by atoms with Gasteiger partial charge in [0.2, 0.25) is 0 Å². The van der Waals surface area contributed by atoms with Crippen LogP contribution in [-0.4, -0.2) is 41.5 Å². The molecule has 0 bridgehead atoms. The fourth-order valence-electron chi connectivity index (χ4n) is 1.99. The molecule has 1 aromatic rings. The minimum atomic E-state index is -2.46. The molecule has 0 saturated carbocycles. The van der Waals surface area contributed by atoms with Crippen molar-refractivity contribution in [2.24, 2.45) is 0 Å². The van der Waals surface area contributed by atoms with Crippen LogP contribution in [0.4, 0.5) is 8.78 Å². The lowest BCUT2D eigenvalue weighted by molar-refractivity contribution is -0.137. The van der Waals surface area contributed by atoms with E-state index in [2.05, 4.69) is 4.98 Å². The van der Waals surface area contributed by atoms with Crippen molar-refractivity contribution >= 4 is 17.6 Å². The van der Waals surface area contributed by atoms with Gasteiger partial charge in [0.15, 0.2) is 0 Å². The fourth-order valence-corrected chi connectivity index (χ4v) is 2.10. The summed E-state index contributed by atoms with van der Waals surface area (Å²) in [6, 6.07) is 3.02. The topological polar surface area (TPSA) is 42.4 Å². The van der Waals surface area contributed by atoms with Gasteiger partial charge >= 0.3 is 5.97 Å². The first kappa shape index (κ1) is 14.1. The number of esters is 1. The third-order valence-corrected chi connectivity index (χ3v) is 3.13. The highest BCUT2D eigenvalue weighted by Gasteiger charge is 2.30. The summed E-state index contributed by atoms with van der Waals surface area (Å²) in [5.41, 5.74) is 0.768. The van der Waals surface area contributed by atoms with Gasteiger partial charge in [-0.15, -0.1) is 0 Å². The molecule has 1 atom stereocenters. The van der Waals surface area contributed by atoms with Crippen molar-refractivity contribution < 1.29 is 18.3 Å². The van der Waals surface area contributed by atoms with Crippen molar-refractivity contribution in [1.29, 1.82) is 0 Å². The quantitative estimate of drug-likeness (QED) is 0.615. The minimum Gasteiger partial charge on any atom is -0.464 e. The molecular weight excluding hydrogens is 278 g/mol. The highest BCUT2D eigenvalue weighted by molar-refractivity contribution is 6.29. The number of hydrogen-bond acceptors (Lipinski definition) is 4. The van der Waals surface area contributed by atoms with E-state index < -0.39 is 13.0 Å². The Balaban J connectivity index is 2.04. The van der Waals surface area contributed by atoms with Crippen molar-refractivity contribution in [1.82, 2.24) is 9.88 Å². The second-order valence-corrected chi connectivity index (χ2v) is 4.74. The van der Waals surface area contributed by atoms with E-state index >= 15 is 0 Å². The van der Waals surface area contributed by atoms with Gasteiger partial charge in [-0.3, -0.25) is 9.69 Å². The third-order valence-electron chi connectivity index (χ3n) is 2.90. The van der Waals surface area contributed by atoms with E-state index in [1.807, 2.05) is 0 Å². The molecule has 0 radical (unpaired) electrons. The lowest BCUT2D eigenvalue weighted by Gasteiger charge is -2.26. The van der Waals surface area contributed by atoms with Crippen molar-refractivity contribution in [2.75, 3.05) is 13.2 Å². The molecule has 1 fully saturated rings. The van der Waals surface area contributed by atoms with Crippen LogP contribution < -0.4 is 0 Å². The predicted molar refractivity (Wildman–Crippen MR) is 65.0 cm³/mol. The summed E-state index contributed by atoms with van der Waals surface area (Å²) < 4.78 is 30.0. The van der Waals surface area contributed by atoms with Crippen molar-refractivity contribution in [2.45, 2.75) is 25.4 Å². The molecule has 104 valence electrons. The zero-order chi connectivity index (χ0) is 13.8. The fraction of sp³-hybridized carbons (Fsp3) is 0.500. The second kappa shape index (κ2) is 6.25. The number of carbonyl (C=O) groups excluding carboxylic acids is 1. The van der Waals surface area contributed by atoms with Crippen LogP contribution in [0.3, 0.4) is 0 Å². The van der Waals surface area contributed by atoms with Gasteiger partial charge in [0.25, 0.3) is 6.43 Å². The molecule has 2 heterocycles. The molecule has 0 aliphatic carbocycles. The standard InChI is InChI=1S/C12H13ClF2N2O2/c13-10-2-1-8(4-16-10)5-17(6-11(14)15)9-3-12(18)19-7-9/h1-2,4,9,11H,3,5-7H2. The summed E-state index contributed by atoms with van der Waals surface area (Å²) >= 11 is 5.67. The molecule has 19 heavy (non-hydrogen) atoms. The molecule has 0 aromatic carbocycles. The minimum absolute atomic E-state index is 0.147. The van der Waals surface area contributed by atoms with Gasteiger partial charge in [0.05, 0.1) is 19.0 Å². The maximum Gasteiger partial charge on any atom is 0.307 e. The molecule has 1 aliphatic heterocycles. The van der Waals surface area contributed by atoms with Crippen LogP contribution >= 0.6 is 11.6 Å². The molecule has 0 amide bonds. The molecule has 1 saturated heterocycles. The van der Waals surface area contributed by atoms with E-state index in [4.69, 9.17) is 16.3 Å². The molecule has 0 N–H and O–H groups in total. The summed E-state index contributed by atoms with van der Waals surface area (Å²) in [6.07, 6.45) is -0.775. The number of pyridine rings is 1. The van der Waals surface area contributed by atoms with E-state index in [9.17, 15) is 13.6 Å². The van der Waals surface area contributed by atoms with Crippen molar-refractivity contribution in [3.63, 3.8) is 0 Å². The van der Waals surface area contributed by atoms with Crippen LogP contribution in [0.1, 0.15) is 12.0 Å². The number of nitrogens with zero attached hydrogens (tertiary/aromatic N) is 2. The first-order valence-corrected chi connectivity index (χ1v) is 6.20. The Bertz CT molecular complexity index is 442. The van der Waals surface area contributed by atoms with E-state index in [1.54, 1.807) is 23.2 Å². The van der Waals surface area contributed by atoms with Crippen LogP contribution in [0.5, 0.6) is 0 Å². The van der Waals surface area contributed by atoms with Crippen molar-refractivity contribution in [3.8, 4) is 0 Å². The number of carbonyl (C=O) groups is 1. The van der Waals surface area contributed by atoms with Crippen LogP contribution in [0.15, 0.2) is 18.3 Å². The van der Waals surface area contributed by atoms with Gasteiger partial charge in [-0.05, 0) is 11.6 Å². The van der Waals surface area contributed by atoms with Gasteiger partial charge in [-0.2, -0.15) is 0 Å². The smallest absolute Gasteiger partial charge is 0.307 e. The average molecular weight is 291 g/mol. The Kier molecular flexibility index (Phi) is 4.66. The number of cyclic esters (lactones) is 1. The van der Waals surface area contributed by atoms with Crippen LogP contribution in [0.2, 0.25) is 5.15 Å². The predicted octanol–water partition coefficient (Wildman–Crippen LogP) is 2.12. The first-order chi connectivity index (χ1) is 9.04.